The summed E-state index contributed by atoms with van der Waals surface area (Å²) in [6.45, 7) is 3.20. The molecule has 2 aromatic rings. The summed E-state index contributed by atoms with van der Waals surface area (Å²) in [5, 5.41) is 3.41. The predicted molar refractivity (Wildman–Crippen MR) is 87.9 cm³/mol. The highest BCUT2D eigenvalue weighted by atomic mass is 19.1. The molecule has 1 aliphatic rings. The fourth-order valence-electron chi connectivity index (χ4n) is 2.86. The maximum Gasteiger partial charge on any atom is 0.256 e. The molecule has 1 N–H and O–H groups in total. The van der Waals surface area contributed by atoms with Crippen molar-refractivity contribution in [3.63, 3.8) is 0 Å². The van der Waals surface area contributed by atoms with E-state index in [1.807, 2.05) is 25.1 Å². The number of aromatic nitrogens is 1. The Kier molecular flexibility index (Phi) is 4.55. The third-order valence-electron chi connectivity index (χ3n) is 4.13. The van der Waals surface area contributed by atoms with Gasteiger partial charge in [0.2, 0.25) is 0 Å². The quantitative estimate of drug-likeness (QED) is 0.946. The van der Waals surface area contributed by atoms with Crippen molar-refractivity contribution >= 4 is 11.7 Å². The van der Waals surface area contributed by atoms with Gasteiger partial charge in [0.1, 0.15) is 11.6 Å². The highest BCUT2D eigenvalue weighted by Gasteiger charge is 2.25. The minimum absolute atomic E-state index is 0.152. The topological polar surface area (TPSA) is 45.2 Å². The molecule has 1 aromatic carbocycles. The summed E-state index contributed by atoms with van der Waals surface area (Å²) in [5.41, 5.74) is 1.13. The fourth-order valence-corrected chi connectivity index (χ4v) is 2.86. The van der Waals surface area contributed by atoms with E-state index in [9.17, 15) is 9.18 Å². The van der Waals surface area contributed by atoms with Crippen LogP contribution in [0.5, 0.6) is 0 Å². The van der Waals surface area contributed by atoms with Crippen LogP contribution in [0.4, 0.5) is 10.2 Å². The second-order valence-electron chi connectivity index (χ2n) is 5.85. The van der Waals surface area contributed by atoms with Crippen molar-refractivity contribution in [3.8, 4) is 0 Å². The number of amides is 1. The number of pyridine rings is 1. The van der Waals surface area contributed by atoms with Crippen LogP contribution in [0.1, 0.15) is 28.9 Å². The van der Waals surface area contributed by atoms with E-state index in [2.05, 4.69) is 10.3 Å². The molecule has 0 atom stereocenters. The fraction of sp³-hybridized carbons (Fsp3) is 0.333. The van der Waals surface area contributed by atoms with Crippen LogP contribution in [0.15, 0.2) is 42.5 Å². The molecule has 3 rings (SSSR count). The highest BCUT2D eigenvalue weighted by molar-refractivity contribution is 5.94. The van der Waals surface area contributed by atoms with Gasteiger partial charge in [0.25, 0.3) is 5.91 Å². The summed E-state index contributed by atoms with van der Waals surface area (Å²) >= 11 is 0. The van der Waals surface area contributed by atoms with Gasteiger partial charge in [0.15, 0.2) is 0 Å². The number of nitrogens with zero attached hydrogens (tertiary/aromatic N) is 2. The Morgan fingerprint density at radius 3 is 2.61 bits per heavy atom. The molecule has 0 saturated carbocycles. The molecule has 0 bridgehead atoms. The number of benzene rings is 1. The largest absolute Gasteiger partial charge is 0.367 e. The zero-order valence-corrected chi connectivity index (χ0v) is 13.1. The lowest BCUT2D eigenvalue weighted by Gasteiger charge is -2.32. The van der Waals surface area contributed by atoms with Gasteiger partial charge >= 0.3 is 0 Å². The lowest BCUT2D eigenvalue weighted by atomic mass is 10.0. The Labute approximate surface area is 135 Å². The van der Waals surface area contributed by atoms with Crippen LogP contribution >= 0.6 is 0 Å². The molecule has 0 spiro atoms. The van der Waals surface area contributed by atoms with E-state index in [1.54, 1.807) is 23.1 Å². The molecule has 0 unspecified atom stereocenters. The Morgan fingerprint density at radius 2 is 1.91 bits per heavy atom. The molecule has 1 fully saturated rings. The molecular formula is C18H20FN3O. The van der Waals surface area contributed by atoms with Crippen LogP contribution in [-0.2, 0) is 0 Å². The van der Waals surface area contributed by atoms with Crippen LogP contribution in [0.25, 0.3) is 0 Å². The van der Waals surface area contributed by atoms with E-state index in [1.165, 1.54) is 6.07 Å². The number of aryl methyl sites for hydroxylation is 1. The summed E-state index contributed by atoms with van der Waals surface area (Å²) in [5.74, 6) is 0.181. The van der Waals surface area contributed by atoms with Crippen LogP contribution in [0.3, 0.4) is 0 Å². The number of nitrogens with one attached hydrogen (secondary N) is 1. The van der Waals surface area contributed by atoms with Crippen molar-refractivity contribution in [2.24, 2.45) is 0 Å². The van der Waals surface area contributed by atoms with Gasteiger partial charge in [0.05, 0.1) is 5.56 Å². The zero-order valence-electron chi connectivity index (χ0n) is 13.1. The number of anilines is 1. The molecule has 1 aliphatic heterocycles. The van der Waals surface area contributed by atoms with Crippen LogP contribution in [-0.4, -0.2) is 34.9 Å². The smallest absolute Gasteiger partial charge is 0.256 e. The number of likely N-dealkylation sites (tertiary alicyclic amines) is 1. The normalized spacial score (nSPS) is 15.5. The number of piperidine rings is 1. The number of carbonyl (C=O) groups is 1. The molecule has 1 aromatic heterocycles. The first-order valence-corrected chi connectivity index (χ1v) is 7.87. The number of halogens is 1. The van der Waals surface area contributed by atoms with Crippen molar-refractivity contribution in [1.82, 2.24) is 9.88 Å². The van der Waals surface area contributed by atoms with Crippen molar-refractivity contribution in [1.29, 1.82) is 0 Å². The minimum atomic E-state index is -0.457. The van der Waals surface area contributed by atoms with Gasteiger partial charge in [-0.1, -0.05) is 18.2 Å². The molecule has 2 heterocycles. The predicted octanol–water partition coefficient (Wildman–Crippen LogP) is 3.25. The standard InChI is InChI=1S/C18H20FN3O/c1-13-5-4-8-17(20-13)21-14-9-11-22(12-10-14)18(23)15-6-2-3-7-16(15)19/h2-8,14H,9-12H2,1H3,(H,20,21). The van der Waals surface area contributed by atoms with Gasteiger partial charge in [-0.3, -0.25) is 4.79 Å². The molecule has 120 valence electrons. The summed E-state index contributed by atoms with van der Waals surface area (Å²) in [7, 11) is 0. The van der Waals surface area contributed by atoms with Gasteiger partial charge in [0, 0.05) is 24.8 Å². The van der Waals surface area contributed by atoms with E-state index >= 15 is 0 Å². The number of rotatable bonds is 3. The second-order valence-corrected chi connectivity index (χ2v) is 5.85. The van der Waals surface area contributed by atoms with E-state index in [0.29, 0.717) is 13.1 Å². The molecule has 5 heteroatoms. The number of hydrogen-bond donors (Lipinski definition) is 1. The van der Waals surface area contributed by atoms with Gasteiger partial charge in [-0.15, -0.1) is 0 Å². The van der Waals surface area contributed by atoms with Crippen molar-refractivity contribution in [3.05, 3.63) is 59.5 Å². The minimum Gasteiger partial charge on any atom is -0.367 e. The van der Waals surface area contributed by atoms with Crippen LogP contribution in [0.2, 0.25) is 0 Å². The van der Waals surface area contributed by atoms with Crippen molar-refractivity contribution in [2.75, 3.05) is 18.4 Å². The van der Waals surface area contributed by atoms with E-state index < -0.39 is 5.82 Å². The molecule has 4 nitrogen and oxygen atoms in total. The summed E-state index contributed by atoms with van der Waals surface area (Å²) < 4.78 is 13.7. The average molecular weight is 313 g/mol. The lowest BCUT2D eigenvalue weighted by molar-refractivity contribution is 0.0713. The lowest BCUT2D eigenvalue weighted by Crippen LogP contribution is -2.42. The second kappa shape index (κ2) is 6.77. The van der Waals surface area contributed by atoms with E-state index in [-0.39, 0.29) is 17.5 Å². The van der Waals surface area contributed by atoms with E-state index in [0.717, 1.165) is 24.4 Å². The molecular weight excluding hydrogens is 293 g/mol. The highest BCUT2D eigenvalue weighted by Crippen LogP contribution is 2.18. The molecule has 1 amide bonds. The summed E-state index contributed by atoms with van der Waals surface area (Å²) in [6.07, 6.45) is 1.66. The van der Waals surface area contributed by atoms with Gasteiger partial charge in [-0.25, -0.2) is 9.37 Å². The van der Waals surface area contributed by atoms with Crippen molar-refractivity contribution in [2.45, 2.75) is 25.8 Å². The van der Waals surface area contributed by atoms with E-state index in [4.69, 9.17) is 0 Å². The summed E-state index contributed by atoms with van der Waals surface area (Å²) in [6, 6.07) is 12.3. The summed E-state index contributed by atoms with van der Waals surface area (Å²) in [4.78, 5) is 18.5. The Morgan fingerprint density at radius 1 is 1.17 bits per heavy atom. The average Bonchev–Trinajstić information content (AvgIpc) is 2.55. The first-order valence-electron chi connectivity index (χ1n) is 7.87. The Balaban J connectivity index is 1.58. The first kappa shape index (κ1) is 15.5. The maximum absolute atomic E-state index is 13.7. The molecule has 0 radical (unpaired) electrons. The number of carbonyl (C=O) groups excluding carboxylic acids is 1. The van der Waals surface area contributed by atoms with Gasteiger partial charge in [-0.2, -0.15) is 0 Å². The molecule has 0 aliphatic carbocycles. The van der Waals surface area contributed by atoms with Gasteiger partial charge < -0.3 is 10.2 Å². The SMILES string of the molecule is Cc1cccc(NC2CCN(C(=O)c3ccccc3F)CC2)n1. The monoisotopic (exact) mass is 313 g/mol. The first-order chi connectivity index (χ1) is 11.1. The number of hydrogen-bond acceptors (Lipinski definition) is 3. The maximum atomic E-state index is 13.7. The van der Waals surface area contributed by atoms with Crippen LogP contribution in [0, 0.1) is 12.7 Å². The Hall–Kier alpha value is -2.43. The zero-order chi connectivity index (χ0) is 16.2. The van der Waals surface area contributed by atoms with Crippen molar-refractivity contribution < 1.29 is 9.18 Å². The molecule has 1 saturated heterocycles. The van der Waals surface area contributed by atoms with Gasteiger partial charge in [-0.05, 0) is 44.0 Å². The van der Waals surface area contributed by atoms with Crippen LogP contribution < -0.4 is 5.32 Å². The third-order valence-corrected chi connectivity index (χ3v) is 4.13. The Bertz CT molecular complexity index is 696. The molecule has 23 heavy (non-hydrogen) atoms. The third kappa shape index (κ3) is 3.67.